The fraction of sp³-hybridized carbons (Fsp3) is 0.923. The van der Waals surface area contributed by atoms with Crippen molar-refractivity contribution in [2.45, 2.75) is 69.7 Å². The summed E-state index contributed by atoms with van der Waals surface area (Å²) in [6.45, 7) is 5.68. The first-order chi connectivity index (χ1) is 7.85. The summed E-state index contributed by atoms with van der Waals surface area (Å²) >= 11 is 0. The number of hydrogen-bond acceptors (Lipinski definition) is 3. The Morgan fingerprint density at radius 2 is 2.06 bits per heavy atom. The van der Waals surface area contributed by atoms with Crippen LogP contribution in [0.15, 0.2) is 0 Å². The summed E-state index contributed by atoms with van der Waals surface area (Å²) in [6.07, 6.45) is 3.57. The van der Waals surface area contributed by atoms with Crippen LogP contribution in [0.4, 0.5) is 4.79 Å². The number of likely N-dealkylation sites (tertiary alicyclic amines) is 1. The summed E-state index contributed by atoms with van der Waals surface area (Å²) in [6, 6.07) is 0.236. The van der Waals surface area contributed by atoms with E-state index in [2.05, 4.69) is 0 Å². The van der Waals surface area contributed by atoms with Gasteiger partial charge in [-0.1, -0.05) is 0 Å². The molecule has 1 saturated heterocycles. The van der Waals surface area contributed by atoms with Crippen molar-refractivity contribution in [1.82, 2.24) is 4.90 Å². The molecule has 3 atom stereocenters. The predicted molar refractivity (Wildman–Crippen MR) is 62.6 cm³/mol. The third kappa shape index (κ3) is 1.36. The van der Waals surface area contributed by atoms with Crippen molar-refractivity contribution in [3.63, 3.8) is 0 Å². The molecule has 17 heavy (non-hydrogen) atoms. The van der Waals surface area contributed by atoms with E-state index in [0.717, 1.165) is 25.7 Å². The van der Waals surface area contributed by atoms with Crippen molar-refractivity contribution in [2.24, 2.45) is 5.92 Å². The highest BCUT2D eigenvalue weighted by Gasteiger charge is 2.72. The number of aliphatic hydroxyl groups excluding tert-OH is 1. The van der Waals surface area contributed by atoms with Crippen molar-refractivity contribution in [2.75, 3.05) is 0 Å². The van der Waals surface area contributed by atoms with Crippen molar-refractivity contribution >= 4 is 6.09 Å². The average Bonchev–Trinajstić information content (AvgIpc) is 2.05. The van der Waals surface area contributed by atoms with Crippen LogP contribution < -0.4 is 0 Å². The molecule has 0 radical (unpaired) electrons. The van der Waals surface area contributed by atoms with Gasteiger partial charge in [0.25, 0.3) is 0 Å². The smallest absolute Gasteiger partial charge is 0.411 e. The lowest BCUT2D eigenvalue weighted by Gasteiger charge is -2.74. The minimum absolute atomic E-state index is 0.0509. The Labute approximate surface area is 102 Å². The molecule has 4 nitrogen and oxygen atoms in total. The van der Waals surface area contributed by atoms with Crippen LogP contribution in [0.5, 0.6) is 0 Å². The lowest BCUT2D eigenvalue weighted by molar-refractivity contribution is -0.260. The highest BCUT2D eigenvalue weighted by Crippen LogP contribution is 2.62. The van der Waals surface area contributed by atoms with E-state index >= 15 is 0 Å². The Hall–Kier alpha value is -0.770. The highest BCUT2D eigenvalue weighted by atomic mass is 16.6. The Morgan fingerprint density at radius 1 is 1.41 bits per heavy atom. The molecule has 0 aromatic heterocycles. The SMILES string of the molecule is CC(C)(C)OC(=O)N1C2CC(O)C2C12CCC2. The van der Waals surface area contributed by atoms with Gasteiger partial charge in [-0.3, -0.25) is 4.90 Å². The van der Waals surface area contributed by atoms with Gasteiger partial charge in [-0.25, -0.2) is 4.79 Å². The number of fused-ring (bicyclic) bond motifs is 2. The molecule has 3 unspecified atom stereocenters. The van der Waals surface area contributed by atoms with Gasteiger partial charge in [0.2, 0.25) is 0 Å². The second kappa shape index (κ2) is 3.16. The maximum Gasteiger partial charge on any atom is 0.411 e. The van der Waals surface area contributed by atoms with E-state index in [4.69, 9.17) is 4.74 Å². The molecule has 3 rings (SSSR count). The third-order valence-corrected chi connectivity index (χ3v) is 4.55. The molecule has 1 heterocycles. The zero-order valence-electron chi connectivity index (χ0n) is 10.8. The number of amides is 1. The van der Waals surface area contributed by atoms with Gasteiger partial charge < -0.3 is 9.84 Å². The Bertz CT molecular complexity index is 356. The lowest BCUT2D eigenvalue weighted by atomic mass is 9.48. The Kier molecular flexibility index (Phi) is 2.11. The van der Waals surface area contributed by atoms with Gasteiger partial charge >= 0.3 is 6.09 Å². The van der Waals surface area contributed by atoms with Crippen LogP contribution in [-0.2, 0) is 4.74 Å². The molecule has 1 N–H and O–H groups in total. The van der Waals surface area contributed by atoms with Crippen molar-refractivity contribution in [3.8, 4) is 0 Å². The number of piperidine rings is 1. The highest BCUT2D eigenvalue weighted by molar-refractivity contribution is 5.72. The number of ether oxygens (including phenoxy) is 1. The maximum absolute atomic E-state index is 12.2. The summed E-state index contributed by atoms with van der Waals surface area (Å²) in [5.41, 5.74) is -0.486. The summed E-state index contributed by atoms with van der Waals surface area (Å²) in [5.74, 6) is 0.323. The van der Waals surface area contributed by atoms with Crippen molar-refractivity contribution in [3.05, 3.63) is 0 Å². The largest absolute Gasteiger partial charge is 0.444 e. The Morgan fingerprint density at radius 3 is 2.47 bits per heavy atom. The minimum atomic E-state index is -0.435. The van der Waals surface area contributed by atoms with E-state index in [1.54, 1.807) is 0 Å². The minimum Gasteiger partial charge on any atom is -0.444 e. The summed E-state index contributed by atoms with van der Waals surface area (Å²) < 4.78 is 5.47. The van der Waals surface area contributed by atoms with E-state index in [-0.39, 0.29) is 23.8 Å². The van der Waals surface area contributed by atoms with E-state index in [0.29, 0.717) is 5.92 Å². The second-order valence-electron chi connectivity index (χ2n) is 6.70. The zero-order valence-corrected chi connectivity index (χ0v) is 10.8. The standard InChI is InChI=1S/C13H21NO3/c1-12(2,3)17-11(16)14-8-7-9(15)10(8)13(14)5-4-6-13/h8-10,15H,4-7H2,1-3H3. The molecule has 0 bridgehead atoms. The number of carbonyl (C=O) groups is 1. The van der Waals surface area contributed by atoms with E-state index < -0.39 is 5.60 Å². The molecule has 4 heteroatoms. The maximum atomic E-state index is 12.2. The van der Waals surface area contributed by atoms with Gasteiger partial charge in [-0.2, -0.15) is 0 Å². The molecule has 0 aromatic carbocycles. The summed E-state index contributed by atoms with van der Waals surface area (Å²) in [4.78, 5) is 14.1. The van der Waals surface area contributed by atoms with Gasteiger partial charge in [0, 0.05) is 12.0 Å². The molecule has 96 valence electrons. The van der Waals surface area contributed by atoms with E-state index in [1.165, 1.54) is 0 Å². The van der Waals surface area contributed by atoms with E-state index in [9.17, 15) is 9.90 Å². The molecule has 2 aliphatic carbocycles. The Balaban J connectivity index is 1.74. The molecular formula is C13H21NO3. The van der Waals surface area contributed by atoms with Crippen LogP contribution in [0.25, 0.3) is 0 Å². The number of aliphatic hydroxyl groups is 1. The van der Waals surface area contributed by atoms with E-state index in [1.807, 2.05) is 25.7 Å². The van der Waals surface area contributed by atoms with Crippen molar-refractivity contribution < 1.29 is 14.6 Å². The van der Waals surface area contributed by atoms with Crippen molar-refractivity contribution in [1.29, 1.82) is 0 Å². The van der Waals surface area contributed by atoms with Crippen LogP contribution in [0.2, 0.25) is 0 Å². The molecule has 2 saturated carbocycles. The molecule has 1 amide bonds. The van der Waals surface area contributed by atoms with Crippen LogP contribution in [0.1, 0.15) is 46.5 Å². The monoisotopic (exact) mass is 239 g/mol. The van der Waals surface area contributed by atoms with Gasteiger partial charge in [0.1, 0.15) is 5.60 Å². The summed E-state index contributed by atoms with van der Waals surface area (Å²) in [7, 11) is 0. The molecule has 3 fully saturated rings. The normalized spacial score (nSPS) is 37.6. The molecule has 1 aliphatic heterocycles. The molecule has 0 aromatic rings. The van der Waals surface area contributed by atoms with Gasteiger partial charge in [0.05, 0.1) is 11.6 Å². The van der Waals surface area contributed by atoms with Gasteiger partial charge in [-0.15, -0.1) is 0 Å². The topological polar surface area (TPSA) is 49.8 Å². The first kappa shape index (κ1) is 11.3. The van der Waals surface area contributed by atoms with Gasteiger partial charge in [-0.05, 0) is 46.5 Å². The third-order valence-electron chi connectivity index (χ3n) is 4.55. The molecule has 1 spiro atoms. The second-order valence-corrected chi connectivity index (χ2v) is 6.70. The fourth-order valence-electron chi connectivity index (χ4n) is 3.73. The first-order valence-corrected chi connectivity index (χ1v) is 6.55. The predicted octanol–water partition coefficient (Wildman–Crippen LogP) is 1.91. The van der Waals surface area contributed by atoms with Gasteiger partial charge in [0.15, 0.2) is 0 Å². The molecule has 3 aliphatic rings. The number of rotatable bonds is 0. The van der Waals surface area contributed by atoms with Crippen LogP contribution in [0, 0.1) is 5.92 Å². The van der Waals surface area contributed by atoms with Crippen LogP contribution in [-0.4, -0.2) is 39.4 Å². The number of hydrogen-bond donors (Lipinski definition) is 1. The van der Waals surface area contributed by atoms with Crippen LogP contribution >= 0.6 is 0 Å². The molecular weight excluding hydrogens is 218 g/mol. The first-order valence-electron chi connectivity index (χ1n) is 6.55. The number of carbonyl (C=O) groups excluding carboxylic acids is 1. The van der Waals surface area contributed by atoms with Crippen LogP contribution in [0.3, 0.4) is 0 Å². The summed E-state index contributed by atoms with van der Waals surface area (Å²) in [5, 5.41) is 9.79. The zero-order chi connectivity index (χ0) is 12.4. The lowest BCUT2D eigenvalue weighted by Crippen LogP contribution is -2.85. The quantitative estimate of drug-likeness (QED) is 0.702. The average molecular weight is 239 g/mol. The number of nitrogens with zero attached hydrogens (tertiary/aromatic N) is 1. The fourth-order valence-corrected chi connectivity index (χ4v) is 3.73.